The van der Waals surface area contributed by atoms with Gasteiger partial charge < -0.3 is 0 Å². The molecule has 0 aromatic carbocycles. The Hall–Kier alpha value is -1.62. The van der Waals surface area contributed by atoms with E-state index in [1.807, 2.05) is 0 Å². The summed E-state index contributed by atoms with van der Waals surface area (Å²) in [5.41, 5.74) is -1.97. The van der Waals surface area contributed by atoms with Gasteiger partial charge in [0.1, 0.15) is 10.7 Å². The van der Waals surface area contributed by atoms with E-state index in [0.717, 1.165) is 6.07 Å². The standard InChI is InChI=1S/C7H2BrF2N3O2/c8-6-3(2-11)1-4(13(14)15)5(12-6)7(9)10/h1,7H. The normalized spacial score (nSPS) is 10.1. The number of aromatic nitrogens is 1. The molecule has 0 saturated carbocycles. The molecular formula is C7H2BrF2N3O2. The lowest BCUT2D eigenvalue weighted by molar-refractivity contribution is -0.386. The molecule has 0 spiro atoms. The highest BCUT2D eigenvalue weighted by molar-refractivity contribution is 9.10. The highest BCUT2D eigenvalue weighted by Gasteiger charge is 2.25. The third-order valence-corrected chi connectivity index (χ3v) is 2.11. The van der Waals surface area contributed by atoms with Crippen LogP contribution in [0.1, 0.15) is 17.7 Å². The van der Waals surface area contributed by atoms with Crippen LogP contribution >= 0.6 is 15.9 Å². The zero-order chi connectivity index (χ0) is 11.6. The molecule has 5 nitrogen and oxygen atoms in total. The summed E-state index contributed by atoms with van der Waals surface area (Å²) < 4.78 is 24.5. The van der Waals surface area contributed by atoms with Gasteiger partial charge in [0.2, 0.25) is 0 Å². The minimum atomic E-state index is -3.06. The minimum Gasteiger partial charge on any atom is -0.258 e. The van der Waals surface area contributed by atoms with Crippen molar-refractivity contribution in [2.75, 3.05) is 0 Å². The molecule has 0 fully saturated rings. The number of nitro groups is 1. The third kappa shape index (κ3) is 2.24. The second-order valence-electron chi connectivity index (χ2n) is 2.40. The van der Waals surface area contributed by atoms with Crippen molar-refractivity contribution in [3.05, 3.63) is 32.0 Å². The molecule has 0 bridgehead atoms. The first-order valence-electron chi connectivity index (χ1n) is 3.50. The molecule has 1 heterocycles. The van der Waals surface area contributed by atoms with E-state index < -0.39 is 22.7 Å². The fraction of sp³-hybridized carbons (Fsp3) is 0.143. The maximum Gasteiger partial charge on any atom is 0.298 e. The van der Waals surface area contributed by atoms with Crippen molar-refractivity contribution < 1.29 is 13.7 Å². The SMILES string of the molecule is N#Cc1cc([N+](=O)[O-])c(C(F)F)nc1Br. The monoisotopic (exact) mass is 277 g/mol. The highest BCUT2D eigenvalue weighted by Crippen LogP contribution is 2.30. The average Bonchev–Trinajstić information content (AvgIpc) is 2.16. The van der Waals surface area contributed by atoms with Crippen LogP contribution in [0.5, 0.6) is 0 Å². The van der Waals surface area contributed by atoms with Gasteiger partial charge in [-0.3, -0.25) is 10.1 Å². The van der Waals surface area contributed by atoms with E-state index in [4.69, 9.17) is 5.26 Å². The number of halogens is 3. The van der Waals surface area contributed by atoms with Gasteiger partial charge in [0.05, 0.1) is 10.5 Å². The second-order valence-corrected chi connectivity index (χ2v) is 3.15. The van der Waals surface area contributed by atoms with Crippen LogP contribution < -0.4 is 0 Å². The Morgan fingerprint density at radius 2 is 2.27 bits per heavy atom. The van der Waals surface area contributed by atoms with Gasteiger partial charge in [0.25, 0.3) is 12.1 Å². The van der Waals surface area contributed by atoms with E-state index in [2.05, 4.69) is 20.9 Å². The molecule has 0 N–H and O–H groups in total. The lowest BCUT2D eigenvalue weighted by atomic mass is 10.2. The molecule has 0 saturated heterocycles. The van der Waals surface area contributed by atoms with Crippen molar-refractivity contribution in [3.63, 3.8) is 0 Å². The lowest BCUT2D eigenvalue weighted by Crippen LogP contribution is -2.01. The molecule has 15 heavy (non-hydrogen) atoms. The number of nitriles is 1. The topological polar surface area (TPSA) is 79.8 Å². The van der Waals surface area contributed by atoms with Crippen molar-refractivity contribution in [1.29, 1.82) is 5.26 Å². The van der Waals surface area contributed by atoms with E-state index >= 15 is 0 Å². The van der Waals surface area contributed by atoms with E-state index in [1.54, 1.807) is 6.07 Å². The molecule has 1 rings (SSSR count). The fourth-order valence-corrected chi connectivity index (χ4v) is 1.27. The Morgan fingerprint density at radius 1 is 1.67 bits per heavy atom. The summed E-state index contributed by atoms with van der Waals surface area (Å²) >= 11 is 2.77. The summed E-state index contributed by atoms with van der Waals surface area (Å²) in [6.45, 7) is 0. The summed E-state index contributed by atoms with van der Waals surface area (Å²) in [7, 11) is 0. The van der Waals surface area contributed by atoms with E-state index in [1.165, 1.54) is 0 Å². The first kappa shape index (κ1) is 11.5. The molecule has 0 amide bonds. The third-order valence-electron chi connectivity index (χ3n) is 1.51. The molecule has 0 unspecified atom stereocenters. The Labute approximate surface area is 90.6 Å². The van der Waals surface area contributed by atoms with Crippen LogP contribution in [0.15, 0.2) is 10.7 Å². The smallest absolute Gasteiger partial charge is 0.258 e. The Morgan fingerprint density at radius 3 is 2.67 bits per heavy atom. The summed E-state index contributed by atoms with van der Waals surface area (Å²) in [6, 6.07) is 2.36. The largest absolute Gasteiger partial charge is 0.298 e. The summed E-state index contributed by atoms with van der Waals surface area (Å²) in [4.78, 5) is 12.7. The molecule has 1 aromatic heterocycles. The number of rotatable bonds is 2. The molecular weight excluding hydrogens is 276 g/mol. The lowest BCUT2D eigenvalue weighted by Gasteiger charge is -2.02. The van der Waals surface area contributed by atoms with Gasteiger partial charge in [-0.15, -0.1) is 0 Å². The van der Waals surface area contributed by atoms with Crippen molar-refractivity contribution in [3.8, 4) is 6.07 Å². The Balaban J connectivity index is 3.47. The van der Waals surface area contributed by atoms with Crippen molar-refractivity contribution in [2.24, 2.45) is 0 Å². The molecule has 0 atom stereocenters. The number of nitrogens with zero attached hydrogens (tertiary/aromatic N) is 3. The minimum absolute atomic E-state index is 0.133. The van der Waals surface area contributed by atoms with Gasteiger partial charge in [-0.2, -0.15) is 5.26 Å². The summed E-state index contributed by atoms with van der Waals surface area (Å²) in [5.74, 6) is 0. The van der Waals surface area contributed by atoms with Gasteiger partial charge >= 0.3 is 0 Å². The molecule has 8 heteroatoms. The fourth-order valence-electron chi connectivity index (χ4n) is 0.879. The zero-order valence-electron chi connectivity index (χ0n) is 6.95. The van der Waals surface area contributed by atoms with Crippen molar-refractivity contribution in [1.82, 2.24) is 4.98 Å². The van der Waals surface area contributed by atoms with Gasteiger partial charge in [-0.05, 0) is 15.9 Å². The number of hydrogen-bond acceptors (Lipinski definition) is 4. The van der Waals surface area contributed by atoms with Gasteiger partial charge in [0.15, 0.2) is 5.69 Å². The molecule has 0 radical (unpaired) electrons. The van der Waals surface area contributed by atoms with Gasteiger partial charge in [-0.25, -0.2) is 13.8 Å². The highest BCUT2D eigenvalue weighted by atomic mass is 79.9. The molecule has 1 aromatic rings. The Kier molecular flexibility index (Phi) is 3.26. The van der Waals surface area contributed by atoms with Crippen LogP contribution in [0.4, 0.5) is 14.5 Å². The molecule has 0 aliphatic carbocycles. The first-order chi connectivity index (χ1) is 6.97. The van der Waals surface area contributed by atoms with E-state index in [9.17, 15) is 18.9 Å². The predicted molar refractivity (Wildman–Crippen MR) is 48.3 cm³/mol. The van der Waals surface area contributed by atoms with Gasteiger partial charge in [-0.1, -0.05) is 0 Å². The molecule has 0 aliphatic heterocycles. The summed E-state index contributed by atoms with van der Waals surface area (Å²) in [5, 5.41) is 18.9. The summed E-state index contributed by atoms with van der Waals surface area (Å²) in [6.07, 6.45) is -3.06. The maximum atomic E-state index is 12.3. The van der Waals surface area contributed by atoms with Crippen LogP contribution in [0.3, 0.4) is 0 Å². The van der Waals surface area contributed by atoms with Crippen LogP contribution in [0.2, 0.25) is 0 Å². The van der Waals surface area contributed by atoms with Crippen LogP contribution in [0.25, 0.3) is 0 Å². The first-order valence-corrected chi connectivity index (χ1v) is 4.29. The zero-order valence-corrected chi connectivity index (χ0v) is 8.53. The number of hydrogen-bond donors (Lipinski definition) is 0. The maximum absolute atomic E-state index is 12.3. The average molecular weight is 278 g/mol. The Bertz CT molecular complexity index is 458. The predicted octanol–water partition coefficient (Wildman–Crippen LogP) is 2.56. The van der Waals surface area contributed by atoms with Crippen molar-refractivity contribution in [2.45, 2.75) is 6.43 Å². The quantitative estimate of drug-likeness (QED) is 0.473. The molecule has 0 aliphatic rings. The molecule has 78 valence electrons. The van der Waals surface area contributed by atoms with E-state index in [-0.39, 0.29) is 10.2 Å². The van der Waals surface area contributed by atoms with Gasteiger partial charge in [0, 0.05) is 6.07 Å². The van der Waals surface area contributed by atoms with Crippen LogP contribution in [-0.2, 0) is 0 Å². The number of alkyl halides is 2. The van der Waals surface area contributed by atoms with Crippen LogP contribution in [0, 0.1) is 21.4 Å². The van der Waals surface area contributed by atoms with E-state index in [0.29, 0.717) is 0 Å². The number of pyridine rings is 1. The van der Waals surface area contributed by atoms with Crippen LogP contribution in [-0.4, -0.2) is 9.91 Å². The van der Waals surface area contributed by atoms with Crippen molar-refractivity contribution >= 4 is 21.6 Å². The second kappa shape index (κ2) is 4.27.